The van der Waals surface area contributed by atoms with E-state index >= 15 is 0 Å². The maximum absolute atomic E-state index is 9.40. The molecule has 1 aromatic carbocycles. The first kappa shape index (κ1) is 21.8. The van der Waals surface area contributed by atoms with E-state index in [1.165, 1.54) is 0 Å². The first-order chi connectivity index (χ1) is 13.0. The van der Waals surface area contributed by atoms with Crippen LogP contribution in [0.5, 0.6) is 0 Å². The van der Waals surface area contributed by atoms with Gasteiger partial charge in [0.05, 0.1) is 18.8 Å². The molecule has 6 atom stereocenters. The molecular weight excluding hydrogens is 340 g/mol. The van der Waals surface area contributed by atoms with Gasteiger partial charge in [-0.3, -0.25) is 0 Å². The molecule has 1 fully saturated rings. The molecule has 1 N–H and O–H groups in total. The molecule has 1 heterocycles. The van der Waals surface area contributed by atoms with Crippen molar-refractivity contribution in [2.45, 2.75) is 46.2 Å². The van der Waals surface area contributed by atoms with E-state index in [4.69, 9.17) is 14.2 Å². The molecule has 1 saturated heterocycles. The number of allylic oxidation sites excluding steroid dienone is 2. The summed E-state index contributed by atoms with van der Waals surface area (Å²) >= 11 is 0. The number of benzene rings is 1. The smallest absolute Gasteiger partial charge is 0.184 e. The summed E-state index contributed by atoms with van der Waals surface area (Å²) in [6, 6.07) is 10.0. The first-order valence-electron chi connectivity index (χ1n) is 9.78. The number of rotatable bonds is 8. The lowest BCUT2D eigenvalue weighted by atomic mass is 9.92. The lowest BCUT2D eigenvalue weighted by Gasteiger charge is -2.33. The van der Waals surface area contributed by atoms with Gasteiger partial charge in [0.2, 0.25) is 0 Å². The summed E-state index contributed by atoms with van der Waals surface area (Å²) < 4.78 is 17.6. The lowest BCUT2D eigenvalue weighted by molar-refractivity contribution is -0.225. The molecular formula is C23H34O4. The van der Waals surface area contributed by atoms with Crippen LogP contribution in [0.3, 0.4) is 0 Å². The summed E-state index contributed by atoms with van der Waals surface area (Å²) in [5, 5.41) is 9.40. The predicted molar refractivity (Wildman–Crippen MR) is 108 cm³/mol. The Labute approximate surface area is 163 Å². The van der Waals surface area contributed by atoms with Crippen LogP contribution in [-0.2, 0) is 14.2 Å². The van der Waals surface area contributed by atoms with E-state index < -0.39 is 0 Å². The molecule has 0 aliphatic carbocycles. The Bertz CT molecular complexity index is 610. The highest BCUT2D eigenvalue weighted by atomic mass is 16.7. The molecule has 0 amide bonds. The molecule has 2 rings (SSSR count). The van der Waals surface area contributed by atoms with Crippen LogP contribution in [0, 0.1) is 17.8 Å². The molecule has 0 bridgehead atoms. The highest BCUT2D eigenvalue weighted by molar-refractivity contribution is 5.20. The molecule has 4 heteroatoms. The van der Waals surface area contributed by atoms with E-state index in [1.807, 2.05) is 37.3 Å². The van der Waals surface area contributed by atoms with Crippen LogP contribution < -0.4 is 0 Å². The average Bonchev–Trinajstić information content (AvgIpc) is 2.68. The molecule has 1 aromatic rings. The number of aliphatic hydroxyl groups excluding tert-OH is 1. The molecule has 0 aromatic heterocycles. The van der Waals surface area contributed by atoms with Crippen LogP contribution in [0.2, 0.25) is 0 Å². The van der Waals surface area contributed by atoms with Crippen molar-refractivity contribution in [3.8, 4) is 0 Å². The van der Waals surface area contributed by atoms with Crippen molar-refractivity contribution in [2.24, 2.45) is 17.8 Å². The van der Waals surface area contributed by atoms with Gasteiger partial charge in [0.15, 0.2) is 6.29 Å². The van der Waals surface area contributed by atoms with Gasteiger partial charge in [0, 0.05) is 37.0 Å². The molecule has 1 aliphatic rings. The van der Waals surface area contributed by atoms with E-state index in [1.54, 1.807) is 7.11 Å². The maximum atomic E-state index is 9.40. The minimum atomic E-state index is -0.316. The van der Waals surface area contributed by atoms with Crippen LogP contribution in [0.1, 0.15) is 39.5 Å². The number of methoxy groups -OCH3 is 1. The van der Waals surface area contributed by atoms with Crippen molar-refractivity contribution >= 4 is 0 Å². The zero-order chi connectivity index (χ0) is 19.8. The normalized spacial score (nSPS) is 27.5. The van der Waals surface area contributed by atoms with E-state index in [0.29, 0.717) is 12.5 Å². The summed E-state index contributed by atoms with van der Waals surface area (Å²) in [6.07, 6.45) is 6.12. The molecule has 6 unspecified atom stereocenters. The minimum Gasteiger partial charge on any atom is -0.396 e. The Morgan fingerprint density at radius 2 is 2.00 bits per heavy atom. The van der Waals surface area contributed by atoms with Gasteiger partial charge in [0.1, 0.15) is 0 Å². The summed E-state index contributed by atoms with van der Waals surface area (Å²) in [5.41, 5.74) is 2.21. The highest BCUT2D eigenvalue weighted by Gasteiger charge is 2.28. The monoisotopic (exact) mass is 374 g/mol. The van der Waals surface area contributed by atoms with E-state index in [0.717, 1.165) is 11.1 Å². The van der Waals surface area contributed by atoms with Crippen molar-refractivity contribution in [2.75, 3.05) is 20.3 Å². The number of hydrogen-bond acceptors (Lipinski definition) is 4. The quantitative estimate of drug-likeness (QED) is 0.680. The highest BCUT2D eigenvalue weighted by Crippen LogP contribution is 2.30. The van der Waals surface area contributed by atoms with Gasteiger partial charge in [0.25, 0.3) is 0 Å². The molecule has 0 saturated carbocycles. The van der Waals surface area contributed by atoms with Crippen LogP contribution in [0.25, 0.3) is 0 Å². The first-order valence-corrected chi connectivity index (χ1v) is 9.78. The third-order valence-electron chi connectivity index (χ3n) is 5.14. The Morgan fingerprint density at radius 3 is 2.63 bits per heavy atom. The summed E-state index contributed by atoms with van der Waals surface area (Å²) in [6.45, 7) is 9.15. The minimum absolute atomic E-state index is 0.000866. The largest absolute Gasteiger partial charge is 0.396 e. The number of aliphatic hydroxyl groups is 1. The summed E-state index contributed by atoms with van der Waals surface area (Å²) in [5.74, 6) is 0.614. The molecule has 4 nitrogen and oxygen atoms in total. The van der Waals surface area contributed by atoms with E-state index in [-0.39, 0.29) is 36.9 Å². The molecule has 0 spiro atoms. The second kappa shape index (κ2) is 10.8. The Morgan fingerprint density at radius 1 is 1.30 bits per heavy atom. The third kappa shape index (κ3) is 6.28. The van der Waals surface area contributed by atoms with Gasteiger partial charge in [-0.05, 0) is 6.92 Å². The van der Waals surface area contributed by atoms with Crippen LogP contribution in [0.4, 0.5) is 0 Å². The maximum Gasteiger partial charge on any atom is 0.184 e. The van der Waals surface area contributed by atoms with Crippen LogP contribution >= 0.6 is 0 Å². The number of ether oxygens (including phenoxy) is 3. The van der Waals surface area contributed by atoms with Gasteiger partial charge in [-0.2, -0.15) is 0 Å². The second-order valence-corrected chi connectivity index (χ2v) is 7.64. The fraction of sp³-hybridized carbons (Fsp3) is 0.565. The molecule has 0 radical (unpaired) electrons. The molecule has 1 aliphatic heterocycles. The molecule has 150 valence electrons. The van der Waals surface area contributed by atoms with Crippen molar-refractivity contribution in [3.05, 3.63) is 59.7 Å². The lowest BCUT2D eigenvalue weighted by Crippen LogP contribution is -2.33. The fourth-order valence-electron chi connectivity index (χ4n) is 3.55. The Balaban J connectivity index is 2.01. The topological polar surface area (TPSA) is 47.9 Å². The van der Waals surface area contributed by atoms with Crippen LogP contribution in [0.15, 0.2) is 54.1 Å². The van der Waals surface area contributed by atoms with E-state index in [2.05, 4.69) is 39.0 Å². The van der Waals surface area contributed by atoms with Gasteiger partial charge in [-0.25, -0.2) is 0 Å². The third-order valence-corrected chi connectivity index (χ3v) is 5.14. The van der Waals surface area contributed by atoms with Crippen LogP contribution in [-0.4, -0.2) is 37.6 Å². The van der Waals surface area contributed by atoms with Crippen molar-refractivity contribution in [3.63, 3.8) is 0 Å². The van der Waals surface area contributed by atoms with Crippen molar-refractivity contribution in [1.82, 2.24) is 0 Å². The Hall–Kier alpha value is -1.46. The van der Waals surface area contributed by atoms with E-state index in [9.17, 15) is 5.11 Å². The van der Waals surface area contributed by atoms with Gasteiger partial charge >= 0.3 is 0 Å². The molecule has 27 heavy (non-hydrogen) atoms. The fourth-order valence-corrected chi connectivity index (χ4v) is 3.55. The SMILES string of the molecule is COC(C(C)/C=C(C)/C=C/C1OC(c2ccccc2)OCC1C)C(C)CO. The zero-order valence-corrected chi connectivity index (χ0v) is 17.2. The van der Waals surface area contributed by atoms with Crippen molar-refractivity contribution < 1.29 is 19.3 Å². The zero-order valence-electron chi connectivity index (χ0n) is 17.2. The second-order valence-electron chi connectivity index (χ2n) is 7.64. The summed E-state index contributed by atoms with van der Waals surface area (Å²) in [7, 11) is 1.70. The average molecular weight is 375 g/mol. The van der Waals surface area contributed by atoms with Gasteiger partial charge in [-0.1, -0.05) is 74.9 Å². The Kier molecular flexibility index (Phi) is 8.71. The van der Waals surface area contributed by atoms with Gasteiger partial charge in [-0.15, -0.1) is 0 Å². The number of hydrogen-bond donors (Lipinski definition) is 1. The van der Waals surface area contributed by atoms with Gasteiger partial charge < -0.3 is 19.3 Å². The standard InChI is InChI=1S/C23H34O4/c1-16(13-17(2)22(25-5)18(3)14-24)11-12-21-19(4)15-26-23(27-21)20-9-7-6-8-10-20/h6-13,17-19,21-24H,14-15H2,1-5H3/b12-11+,16-13+. The van der Waals surface area contributed by atoms with Crippen molar-refractivity contribution in [1.29, 1.82) is 0 Å². The predicted octanol–water partition coefficient (Wildman–Crippen LogP) is 4.52. The summed E-state index contributed by atoms with van der Waals surface area (Å²) in [4.78, 5) is 0.